The molecule has 0 atom stereocenters. The minimum Gasteiger partial charge on any atom is -0.309 e. The van der Waals surface area contributed by atoms with Crippen molar-refractivity contribution in [1.29, 1.82) is 0 Å². The summed E-state index contributed by atoms with van der Waals surface area (Å²) in [5, 5.41) is 0. The van der Waals surface area contributed by atoms with Crippen molar-refractivity contribution in [3.8, 4) is 33.4 Å². The van der Waals surface area contributed by atoms with E-state index in [1.165, 1.54) is 18.2 Å². The predicted molar refractivity (Wildman–Crippen MR) is 187 cm³/mol. The Balaban J connectivity index is 1.93. The Bertz CT molecular complexity index is 2250. The molecule has 61 heavy (non-hydrogen) atoms. The van der Waals surface area contributed by atoms with Crippen LogP contribution in [-0.2, 0) is 37.1 Å². The molecule has 6 rings (SSSR count). The summed E-state index contributed by atoms with van der Waals surface area (Å²) < 4.78 is 271. The first-order valence-electron chi connectivity index (χ1n) is 17.0. The molecule has 0 saturated heterocycles. The summed E-state index contributed by atoms with van der Waals surface area (Å²) in [7, 11) is 0. The Morgan fingerprint density at radius 3 is 0.623 bits per heavy atom. The van der Waals surface area contributed by atoms with Crippen molar-refractivity contribution in [2.24, 2.45) is 0 Å². The van der Waals surface area contributed by atoms with Crippen molar-refractivity contribution in [2.45, 2.75) is 37.1 Å². The molecule has 19 heteroatoms. The summed E-state index contributed by atoms with van der Waals surface area (Å²) in [4.78, 5) is -0.938. The van der Waals surface area contributed by atoms with E-state index in [2.05, 4.69) is 0 Å². The van der Waals surface area contributed by atoms with Crippen LogP contribution in [0.2, 0.25) is 0 Å². The van der Waals surface area contributed by atoms with Gasteiger partial charge >= 0.3 is 37.1 Å². The average Bonchev–Trinajstić information content (AvgIpc) is 3.16. The van der Waals surface area contributed by atoms with Crippen LogP contribution in [-0.4, -0.2) is 0 Å². The van der Waals surface area contributed by atoms with Crippen molar-refractivity contribution in [2.75, 3.05) is 4.90 Å². The maximum absolute atomic E-state index is 15.2. The molecule has 0 aliphatic carbocycles. The molecule has 0 bridgehead atoms. The zero-order valence-electron chi connectivity index (χ0n) is 29.9. The second-order valence-corrected chi connectivity index (χ2v) is 13.2. The molecule has 0 saturated carbocycles. The maximum atomic E-state index is 15.2. The molecule has 0 aliphatic rings. The molecule has 0 fully saturated rings. The fraction of sp³-hybridized carbons (Fsp3) is 0.143. The van der Waals surface area contributed by atoms with Gasteiger partial charge in [-0.25, -0.2) is 0 Å². The second kappa shape index (κ2) is 15.4. The van der Waals surface area contributed by atoms with Crippen molar-refractivity contribution in [1.82, 2.24) is 0 Å². The smallest absolute Gasteiger partial charge is 0.309 e. The molecule has 0 spiro atoms. The van der Waals surface area contributed by atoms with Gasteiger partial charge in [0.2, 0.25) is 0 Å². The van der Waals surface area contributed by atoms with Gasteiger partial charge in [0.1, 0.15) is 0 Å². The first-order chi connectivity index (χ1) is 28.1. The molecule has 0 N–H and O–H groups in total. The lowest BCUT2D eigenvalue weighted by molar-refractivity contribution is -0.141. The van der Waals surface area contributed by atoms with Gasteiger partial charge in [-0.3, -0.25) is 0 Å². The van der Waals surface area contributed by atoms with Gasteiger partial charge in [-0.2, -0.15) is 79.0 Å². The van der Waals surface area contributed by atoms with Crippen LogP contribution in [0.25, 0.3) is 33.4 Å². The predicted octanol–water partition coefficient (Wildman–Crippen LogP) is 16.3. The van der Waals surface area contributed by atoms with E-state index in [4.69, 9.17) is 0 Å². The highest BCUT2D eigenvalue weighted by Crippen LogP contribution is 2.56. The van der Waals surface area contributed by atoms with Crippen LogP contribution >= 0.6 is 0 Å². The lowest BCUT2D eigenvalue weighted by Crippen LogP contribution is -2.25. The Labute approximate surface area is 332 Å². The highest BCUT2D eigenvalue weighted by Gasteiger charge is 2.48. The normalized spacial score (nSPS) is 13.1. The molecule has 0 heterocycles. The van der Waals surface area contributed by atoms with E-state index < -0.39 is 144 Å². The van der Waals surface area contributed by atoms with Crippen molar-refractivity contribution in [3.05, 3.63) is 161 Å². The number of anilines is 3. The number of benzene rings is 6. The van der Waals surface area contributed by atoms with Gasteiger partial charge < -0.3 is 4.90 Å². The van der Waals surface area contributed by atoms with Crippen LogP contribution in [0.5, 0.6) is 0 Å². The lowest BCUT2D eigenvalue weighted by atomic mass is 9.90. The summed E-state index contributed by atoms with van der Waals surface area (Å²) in [6, 6.07) is 12.6. The summed E-state index contributed by atoms with van der Waals surface area (Å²) in [5.41, 5.74) is -26.8. The molecule has 0 aliphatic heterocycles. The first kappa shape index (κ1) is 44.4. The molecular weight excluding hydrogens is 860 g/mol. The third kappa shape index (κ3) is 9.14. The number of halogens is 18. The maximum Gasteiger partial charge on any atom is 0.418 e. The SMILES string of the molecule is FC(F)(F)c1cc(N(c2cc(C(F)(F)F)c(-c3ccccc3)cc2C(F)(F)F)c2cc(C(F)(F)F)c(-c3ccccc3)cc2C(F)(F)F)c(C(F)(F)F)cc1-c1ccccc1. The summed E-state index contributed by atoms with van der Waals surface area (Å²) in [6.07, 6.45) is -35.6. The number of alkyl halides is 18. The molecule has 0 aromatic heterocycles. The highest BCUT2D eigenvalue weighted by molar-refractivity contribution is 5.89. The molecule has 0 radical (unpaired) electrons. The standard InChI is InChI=1S/C42H21F18N/c43-37(44,45)28-19-34(31(40(52,53)54)16-25(28)22-10-4-1-5-11-22)61(35-20-29(38(46,47)48)26(17-32(35)41(55,56)57)23-12-6-2-7-13-23)36-21-30(39(49,50)51)27(18-33(36)42(58,59)60)24-14-8-3-9-15-24/h1-21H. The van der Waals surface area contributed by atoms with Gasteiger partial charge in [0.15, 0.2) is 0 Å². The summed E-state index contributed by atoms with van der Waals surface area (Å²) in [5.74, 6) is 0. The third-order valence-electron chi connectivity index (χ3n) is 9.22. The lowest BCUT2D eigenvalue weighted by Gasteiger charge is -2.35. The molecule has 0 unspecified atom stereocenters. The quantitative estimate of drug-likeness (QED) is 0.151. The van der Waals surface area contributed by atoms with Crippen LogP contribution in [0.3, 0.4) is 0 Å². The van der Waals surface area contributed by atoms with Crippen molar-refractivity contribution < 1.29 is 79.0 Å². The van der Waals surface area contributed by atoms with E-state index in [9.17, 15) is 39.5 Å². The Morgan fingerprint density at radius 1 is 0.246 bits per heavy atom. The van der Waals surface area contributed by atoms with E-state index in [0.29, 0.717) is 0 Å². The second-order valence-electron chi connectivity index (χ2n) is 13.2. The van der Waals surface area contributed by atoms with Crippen molar-refractivity contribution >= 4 is 17.1 Å². The highest BCUT2D eigenvalue weighted by atomic mass is 19.4. The van der Waals surface area contributed by atoms with Crippen LogP contribution in [0, 0.1) is 0 Å². The van der Waals surface area contributed by atoms with E-state index in [1.807, 2.05) is 0 Å². The Hall–Kier alpha value is -6.14. The molecule has 320 valence electrons. The zero-order valence-corrected chi connectivity index (χ0v) is 29.9. The van der Waals surface area contributed by atoms with Crippen LogP contribution in [0.15, 0.2) is 127 Å². The number of nitrogens with zero attached hydrogens (tertiary/aromatic N) is 1. The van der Waals surface area contributed by atoms with Gasteiger partial charge in [-0.15, -0.1) is 0 Å². The van der Waals surface area contributed by atoms with E-state index >= 15 is 39.5 Å². The van der Waals surface area contributed by atoms with E-state index in [0.717, 1.165) is 72.8 Å². The molecule has 0 amide bonds. The number of hydrogen-bond donors (Lipinski definition) is 0. The van der Waals surface area contributed by atoms with Gasteiger partial charge in [-0.05, 0) is 69.8 Å². The largest absolute Gasteiger partial charge is 0.418 e. The van der Waals surface area contributed by atoms with Crippen molar-refractivity contribution in [3.63, 3.8) is 0 Å². The number of rotatable bonds is 6. The topological polar surface area (TPSA) is 3.24 Å². The van der Waals surface area contributed by atoms with Gasteiger partial charge in [0.25, 0.3) is 0 Å². The molecule has 6 aromatic rings. The minimum absolute atomic E-state index is 0.312. The van der Waals surface area contributed by atoms with Crippen LogP contribution < -0.4 is 4.90 Å². The molecule has 1 nitrogen and oxygen atoms in total. The zero-order chi connectivity index (χ0) is 45.1. The Kier molecular flexibility index (Phi) is 11.2. The number of hydrogen-bond acceptors (Lipinski definition) is 1. The first-order valence-corrected chi connectivity index (χ1v) is 17.0. The average molecular weight is 882 g/mol. The van der Waals surface area contributed by atoms with Crippen LogP contribution in [0.1, 0.15) is 33.4 Å². The third-order valence-corrected chi connectivity index (χ3v) is 9.22. The van der Waals surface area contributed by atoms with Gasteiger partial charge in [0, 0.05) is 0 Å². The molecule has 6 aromatic carbocycles. The van der Waals surface area contributed by atoms with Gasteiger partial charge in [0.05, 0.1) is 50.4 Å². The van der Waals surface area contributed by atoms with Gasteiger partial charge in [-0.1, -0.05) is 91.0 Å². The van der Waals surface area contributed by atoms with Crippen LogP contribution in [0.4, 0.5) is 96.1 Å². The fourth-order valence-electron chi connectivity index (χ4n) is 6.66. The van der Waals surface area contributed by atoms with E-state index in [1.54, 1.807) is 0 Å². The monoisotopic (exact) mass is 881 g/mol. The minimum atomic E-state index is -6.06. The molecular formula is C42H21F18N. The Morgan fingerprint density at radius 2 is 0.443 bits per heavy atom. The summed E-state index contributed by atoms with van der Waals surface area (Å²) >= 11 is 0. The fourth-order valence-corrected chi connectivity index (χ4v) is 6.66. The summed E-state index contributed by atoms with van der Waals surface area (Å²) in [6.45, 7) is 0. The van der Waals surface area contributed by atoms with E-state index in [-0.39, 0.29) is 18.2 Å².